The number of nitrogens with zero attached hydrogens (tertiary/aromatic N) is 2. The molecule has 0 unspecified atom stereocenters. The third-order valence-electron chi connectivity index (χ3n) is 3.64. The Labute approximate surface area is 136 Å². The molecule has 4 nitrogen and oxygen atoms in total. The zero-order chi connectivity index (χ0) is 16.0. The predicted molar refractivity (Wildman–Crippen MR) is 97.5 cm³/mol. The highest BCUT2D eigenvalue weighted by atomic mass is 32.2. The summed E-state index contributed by atoms with van der Waals surface area (Å²) in [6.07, 6.45) is 3.98. The van der Waals surface area contributed by atoms with Gasteiger partial charge in [0.15, 0.2) is 5.96 Å². The summed E-state index contributed by atoms with van der Waals surface area (Å²) in [5.41, 5.74) is 1.03. The molecule has 1 heterocycles. The highest BCUT2D eigenvalue weighted by molar-refractivity contribution is 7.99. The van der Waals surface area contributed by atoms with Crippen LogP contribution in [0.1, 0.15) is 19.5 Å². The molecule has 0 aliphatic heterocycles. The van der Waals surface area contributed by atoms with Crippen LogP contribution in [-0.2, 0) is 6.54 Å². The summed E-state index contributed by atoms with van der Waals surface area (Å²) >= 11 is 1.84. The highest BCUT2D eigenvalue weighted by Gasteiger charge is 2.16. The normalized spacial score (nSPS) is 12.5. The Balaban J connectivity index is 2.01. The van der Waals surface area contributed by atoms with E-state index in [0.29, 0.717) is 6.54 Å². The fraction of sp³-hybridized carbons (Fsp3) is 0.412. The minimum atomic E-state index is 0.176. The van der Waals surface area contributed by atoms with Gasteiger partial charge in [-0.15, -0.1) is 0 Å². The molecule has 0 amide bonds. The van der Waals surface area contributed by atoms with E-state index >= 15 is 0 Å². The molecule has 2 N–H and O–H groups in total. The average molecular weight is 316 g/mol. The molecule has 0 radical (unpaired) electrons. The third-order valence-corrected chi connectivity index (χ3v) is 4.89. The monoisotopic (exact) mass is 316 g/mol. The Hall–Kier alpha value is -1.75. The zero-order valence-electron chi connectivity index (χ0n) is 13.7. The smallest absolute Gasteiger partial charge is 0.191 e. The second-order valence-electron chi connectivity index (χ2n) is 5.72. The second-order valence-corrected chi connectivity index (χ2v) is 7.24. The van der Waals surface area contributed by atoms with Gasteiger partial charge in [-0.25, -0.2) is 0 Å². The maximum Gasteiger partial charge on any atom is 0.191 e. The van der Waals surface area contributed by atoms with Crippen LogP contribution in [0.25, 0.3) is 10.8 Å². The predicted octanol–water partition coefficient (Wildman–Crippen LogP) is 3.04. The van der Waals surface area contributed by atoms with Crippen molar-refractivity contribution in [3.8, 4) is 0 Å². The number of rotatable bonds is 5. The quantitative estimate of drug-likeness (QED) is 0.657. The van der Waals surface area contributed by atoms with Crippen molar-refractivity contribution < 1.29 is 0 Å². The molecule has 2 rings (SSSR count). The lowest BCUT2D eigenvalue weighted by Crippen LogP contribution is -2.43. The number of guanidine groups is 1. The van der Waals surface area contributed by atoms with Crippen LogP contribution < -0.4 is 10.6 Å². The van der Waals surface area contributed by atoms with Crippen LogP contribution in [-0.4, -0.2) is 35.5 Å². The number of hydrogen-bond acceptors (Lipinski definition) is 3. The number of hydrogen-bond donors (Lipinski definition) is 2. The van der Waals surface area contributed by atoms with Gasteiger partial charge in [0.2, 0.25) is 0 Å². The van der Waals surface area contributed by atoms with E-state index in [-0.39, 0.29) is 4.75 Å². The molecular weight excluding hydrogens is 292 g/mol. The molecule has 0 saturated carbocycles. The van der Waals surface area contributed by atoms with E-state index < -0.39 is 0 Å². The summed E-state index contributed by atoms with van der Waals surface area (Å²) in [5, 5.41) is 9.10. The first kappa shape index (κ1) is 16.6. The van der Waals surface area contributed by atoms with Crippen molar-refractivity contribution in [2.45, 2.75) is 25.1 Å². The molecule has 0 spiro atoms. The van der Waals surface area contributed by atoms with Crippen molar-refractivity contribution >= 4 is 28.5 Å². The van der Waals surface area contributed by atoms with Gasteiger partial charge in [0, 0.05) is 29.9 Å². The van der Waals surface area contributed by atoms with Gasteiger partial charge < -0.3 is 10.6 Å². The highest BCUT2D eigenvalue weighted by Crippen LogP contribution is 2.19. The third kappa shape index (κ3) is 4.37. The van der Waals surface area contributed by atoms with Crippen LogP contribution in [0.3, 0.4) is 0 Å². The first-order valence-corrected chi connectivity index (χ1v) is 8.60. The molecule has 0 aliphatic carbocycles. The molecule has 0 fully saturated rings. The molecule has 0 saturated heterocycles. The van der Waals surface area contributed by atoms with E-state index in [9.17, 15) is 0 Å². The molecule has 2 aromatic rings. The van der Waals surface area contributed by atoms with Crippen molar-refractivity contribution in [1.82, 2.24) is 15.6 Å². The Kier molecular flexibility index (Phi) is 5.66. The standard InChI is InChI=1S/C17H24N4S/c1-17(2,22-4)12-21-16(18-3)20-11-15-14-8-6-5-7-13(14)9-10-19-15/h5-10H,11-12H2,1-4H3,(H2,18,20,21). The molecule has 22 heavy (non-hydrogen) atoms. The lowest BCUT2D eigenvalue weighted by atomic mass is 10.1. The van der Waals surface area contributed by atoms with Crippen molar-refractivity contribution in [1.29, 1.82) is 0 Å². The molecule has 1 aromatic carbocycles. The minimum absolute atomic E-state index is 0.176. The Bertz CT molecular complexity index is 647. The molecule has 0 atom stereocenters. The Morgan fingerprint density at radius 2 is 2.00 bits per heavy atom. The first-order valence-electron chi connectivity index (χ1n) is 7.38. The fourth-order valence-corrected chi connectivity index (χ4v) is 2.30. The van der Waals surface area contributed by atoms with E-state index in [4.69, 9.17) is 0 Å². The van der Waals surface area contributed by atoms with Gasteiger partial charge in [0.1, 0.15) is 0 Å². The molecular formula is C17H24N4S. The van der Waals surface area contributed by atoms with Crippen LogP contribution in [0.4, 0.5) is 0 Å². The van der Waals surface area contributed by atoms with Crippen LogP contribution >= 0.6 is 11.8 Å². The molecule has 0 aliphatic rings. The maximum atomic E-state index is 4.49. The van der Waals surface area contributed by atoms with Crippen molar-refractivity contribution in [2.75, 3.05) is 19.8 Å². The topological polar surface area (TPSA) is 49.3 Å². The fourth-order valence-electron chi connectivity index (χ4n) is 2.08. The van der Waals surface area contributed by atoms with Gasteiger partial charge >= 0.3 is 0 Å². The van der Waals surface area contributed by atoms with Crippen molar-refractivity contribution in [3.63, 3.8) is 0 Å². The SMILES string of the molecule is CN=C(NCc1nccc2ccccc12)NCC(C)(C)SC. The van der Waals surface area contributed by atoms with Gasteiger partial charge in [-0.1, -0.05) is 24.3 Å². The molecule has 5 heteroatoms. The van der Waals surface area contributed by atoms with Crippen LogP contribution in [0, 0.1) is 0 Å². The van der Waals surface area contributed by atoms with Gasteiger partial charge in [0.25, 0.3) is 0 Å². The van der Waals surface area contributed by atoms with Gasteiger partial charge in [-0.3, -0.25) is 9.98 Å². The van der Waals surface area contributed by atoms with E-state index in [2.05, 4.69) is 52.8 Å². The number of benzene rings is 1. The van der Waals surface area contributed by atoms with Crippen molar-refractivity contribution in [2.24, 2.45) is 4.99 Å². The zero-order valence-corrected chi connectivity index (χ0v) is 14.5. The number of aliphatic imine (C=N–C) groups is 1. The number of aromatic nitrogens is 1. The summed E-state index contributed by atoms with van der Waals surface area (Å²) in [6, 6.07) is 10.3. The lowest BCUT2D eigenvalue weighted by Gasteiger charge is -2.23. The summed E-state index contributed by atoms with van der Waals surface area (Å²) in [5.74, 6) is 0.803. The average Bonchev–Trinajstić information content (AvgIpc) is 2.55. The minimum Gasteiger partial charge on any atom is -0.355 e. The first-order chi connectivity index (χ1) is 10.6. The van der Waals surface area contributed by atoms with E-state index in [1.807, 2.05) is 36.2 Å². The van der Waals surface area contributed by atoms with E-state index in [0.717, 1.165) is 18.2 Å². The summed E-state index contributed by atoms with van der Waals surface area (Å²) in [6.45, 7) is 5.94. The van der Waals surface area contributed by atoms with Crippen LogP contribution in [0.2, 0.25) is 0 Å². The molecule has 118 valence electrons. The Morgan fingerprint density at radius 3 is 2.73 bits per heavy atom. The number of fused-ring (bicyclic) bond motifs is 1. The Morgan fingerprint density at radius 1 is 1.23 bits per heavy atom. The largest absolute Gasteiger partial charge is 0.355 e. The summed E-state index contributed by atoms with van der Waals surface area (Å²) in [7, 11) is 1.79. The number of nitrogens with one attached hydrogen (secondary N) is 2. The number of pyridine rings is 1. The van der Waals surface area contributed by atoms with Gasteiger partial charge in [-0.05, 0) is 31.6 Å². The maximum absolute atomic E-state index is 4.49. The van der Waals surface area contributed by atoms with E-state index in [1.165, 1.54) is 10.8 Å². The van der Waals surface area contributed by atoms with E-state index in [1.54, 1.807) is 7.05 Å². The molecule has 1 aromatic heterocycles. The van der Waals surface area contributed by atoms with Crippen LogP contribution in [0.15, 0.2) is 41.5 Å². The lowest BCUT2D eigenvalue weighted by molar-refractivity contribution is 0.663. The second kappa shape index (κ2) is 7.49. The summed E-state index contributed by atoms with van der Waals surface area (Å²) < 4.78 is 0.176. The van der Waals surface area contributed by atoms with Crippen LogP contribution in [0.5, 0.6) is 0 Å². The van der Waals surface area contributed by atoms with Gasteiger partial charge in [-0.2, -0.15) is 11.8 Å². The van der Waals surface area contributed by atoms with Crippen molar-refractivity contribution in [3.05, 3.63) is 42.2 Å². The molecule has 0 bridgehead atoms. The number of thioether (sulfide) groups is 1. The summed E-state index contributed by atoms with van der Waals surface area (Å²) in [4.78, 5) is 8.77. The van der Waals surface area contributed by atoms with Gasteiger partial charge in [0.05, 0.1) is 12.2 Å².